The molecule has 13 heavy (non-hydrogen) atoms. The van der Waals surface area contributed by atoms with Crippen molar-refractivity contribution in [1.29, 1.82) is 0 Å². The van der Waals surface area contributed by atoms with E-state index < -0.39 is 0 Å². The van der Waals surface area contributed by atoms with Crippen molar-refractivity contribution in [1.82, 2.24) is 5.32 Å². The average Bonchev–Trinajstić information content (AvgIpc) is 2.47. The van der Waals surface area contributed by atoms with Gasteiger partial charge in [-0.3, -0.25) is 4.99 Å². The number of thioether (sulfide) groups is 1. The molecule has 0 aromatic heterocycles. The summed E-state index contributed by atoms with van der Waals surface area (Å²) in [5.74, 6) is 0. The molecule has 0 aromatic carbocycles. The number of nitrogens with one attached hydrogen (secondary N) is 1. The van der Waals surface area contributed by atoms with Crippen LogP contribution in [0.1, 0.15) is 6.92 Å². The molecule has 0 spiro atoms. The van der Waals surface area contributed by atoms with Crippen LogP contribution in [0.4, 0.5) is 0 Å². The molecule has 1 aliphatic rings. The molecule has 2 unspecified atom stereocenters. The Balaban J connectivity index is 2.34. The molecule has 0 bridgehead atoms. The normalized spacial score (nSPS) is 30.8. The van der Waals surface area contributed by atoms with Crippen LogP contribution in [0.3, 0.4) is 0 Å². The molecule has 1 fully saturated rings. The predicted molar refractivity (Wildman–Crippen MR) is 61.9 cm³/mol. The highest BCUT2D eigenvalue weighted by atomic mass is 79.9. The van der Waals surface area contributed by atoms with E-state index in [1.807, 2.05) is 0 Å². The lowest BCUT2D eigenvalue weighted by atomic mass is 10.3. The van der Waals surface area contributed by atoms with Crippen LogP contribution < -0.4 is 5.32 Å². The largest absolute Gasteiger partial charge is 0.383 e. The maximum absolute atomic E-state index is 4.93. The molecular weight excluding hydrogens is 252 g/mol. The van der Waals surface area contributed by atoms with Gasteiger partial charge in [0.2, 0.25) is 0 Å². The van der Waals surface area contributed by atoms with Gasteiger partial charge in [-0.15, -0.1) is 0 Å². The lowest BCUT2D eigenvalue weighted by molar-refractivity contribution is 0.208. The van der Waals surface area contributed by atoms with Gasteiger partial charge in [-0.2, -0.15) is 0 Å². The predicted octanol–water partition coefficient (Wildman–Crippen LogP) is 1.48. The summed E-state index contributed by atoms with van der Waals surface area (Å²) in [6.07, 6.45) is 0. The van der Waals surface area contributed by atoms with Crippen molar-refractivity contribution in [2.45, 2.75) is 18.2 Å². The maximum Gasteiger partial charge on any atom is 0.157 e. The number of ether oxygens (including phenoxy) is 1. The maximum atomic E-state index is 4.93. The van der Waals surface area contributed by atoms with Gasteiger partial charge in [0.1, 0.15) is 0 Å². The second-order valence-corrected chi connectivity index (χ2v) is 4.80. The Morgan fingerprint density at radius 2 is 2.46 bits per heavy atom. The molecule has 0 saturated carbocycles. The molecule has 76 valence electrons. The molecule has 1 heterocycles. The number of aliphatic imine (C=N–C) groups is 1. The minimum absolute atomic E-state index is 0.505. The number of methoxy groups -OCH3 is 1. The van der Waals surface area contributed by atoms with E-state index in [9.17, 15) is 0 Å². The first-order valence-corrected chi connectivity index (χ1v) is 6.30. The Labute approximate surface area is 91.8 Å². The van der Waals surface area contributed by atoms with Crippen LogP contribution >= 0.6 is 27.7 Å². The first kappa shape index (κ1) is 11.3. The minimum Gasteiger partial charge on any atom is -0.383 e. The van der Waals surface area contributed by atoms with Gasteiger partial charge in [0.05, 0.1) is 13.2 Å². The first-order valence-electron chi connectivity index (χ1n) is 4.30. The number of hydrogen-bond acceptors (Lipinski definition) is 3. The minimum atomic E-state index is 0.505. The second kappa shape index (κ2) is 5.88. The van der Waals surface area contributed by atoms with Crippen LogP contribution in [-0.2, 0) is 4.74 Å². The summed E-state index contributed by atoms with van der Waals surface area (Å²) in [5, 5.41) is 6.00. The molecule has 2 atom stereocenters. The van der Waals surface area contributed by atoms with Crippen LogP contribution in [0.25, 0.3) is 0 Å². The molecule has 0 radical (unpaired) electrons. The summed E-state index contributed by atoms with van der Waals surface area (Å²) in [4.78, 5) is 4.38. The third-order valence-corrected chi connectivity index (χ3v) is 4.35. The van der Waals surface area contributed by atoms with Crippen molar-refractivity contribution in [3.8, 4) is 0 Å². The molecule has 0 aliphatic carbocycles. The quantitative estimate of drug-likeness (QED) is 0.618. The number of halogens is 1. The van der Waals surface area contributed by atoms with Crippen LogP contribution in [0, 0.1) is 0 Å². The van der Waals surface area contributed by atoms with Gasteiger partial charge in [0.25, 0.3) is 0 Å². The molecule has 3 nitrogen and oxygen atoms in total. The monoisotopic (exact) mass is 266 g/mol. The Hall–Kier alpha value is 0.260. The second-order valence-electron chi connectivity index (χ2n) is 2.92. The van der Waals surface area contributed by atoms with E-state index >= 15 is 0 Å². The molecule has 1 rings (SSSR count). The Morgan fingerprint density at radius 3 is 3.00 bits per heavy atom. The fourth-order valence-electron chi connectivity index (χ4n) is 1.05. The summed E-state index contributed by atoms with van der Waals surface area (Å²) in [5.41, 5.74) is 0. The van der Waals surface area contributed by atoms with Gasteiger partial charge in [-0.1, -0.05) is 27.7 Å². The van der Waals surface area contributed by atoms with Crippen molar-refractivity contribution in [3.05, 3.63) is 0 Å². The number of nitrogens with zero attached hydrogens (tertiary/aromatic N) is 1. The molecular formula is C8H15BrN2OS. The first-order chi connectivity index (χ1) is 6.27. The van der Waals surface area contributed by atoms with Gasteiger partial charge >= 0.3 is 0 Å². The van der Waals surface area contributed by atoms with Crippen LogP contribution in [-0.4, -0.2) is 42.1 Å². The number of rotatable bonds is 4. The van der Waals surface area contributed by atoms with E-state index in [0.717, 1.165) is 17.0 Å². The number of amidine groups is 1. The fourth-order valence-corrected chi connectivity index (χ4v) is 3.05. The van der Waals surface area contributed by atoms with Gasteiger partial charge in [-0.25, -0.2) is 0 Å². The molecule has 5 heteroatoms. The van der Waals surface area contributed by atoms with Gasteiger partial charge in [-0.05, 0) is 6.92 Å². The van der Waals surface area contributed by atoms with Crippen LogP contribution in [0.15, 0.2) is 4.99 Å². The SMILES string of the molecule is COCCN=C1NC(C)C(CBr)S1. The Kier molecular flexibility index (Phi) is 5.13. The average molecular weight is 267 g/mol. The topological polar surface area (TPSA) is 33.6 Å². The van der Waals surface area contributed by atoms with Crippen molar-refractivity contribution in [3.63, 3.8) is 0 Å². The van der Waals surface area contributed by atoms with Gasteiger partial charge in [0.15, 0.2) is 5.17 Å². The van der Waals surface area contributed by atoms with E-state index in [4.69, 9.17) is 4.74 Å². The van der Waals surface area contributed by atoms with Crippen LogP contribution in [0.5, 0.6) is 0 Å². The zero-order chi connectivity index (χ0) is 9.68. The fraction of sp³-hybridized carbons (Fsp3) is 0.875. The summed E-state index contributed by atoms with van der Waals surface area (Å²) >= 11 is 5.29. The highest BCUT2D eigenvalue weighted by Crippen LogP contribution is 2.24. The van der Waals surface area contributed by atoms with Crippen molar-refractivity contribution in [2.24, 2.45) is 4.99 Å². The van der Waals surface area contributed by atoms with Crippen molar-refractivity contribution >= 4 is 32.9 Å². The summed E-state index contributed by atoms with van der Waals surface area (Å²) in [6, 6.07) is 0.505. The van der Waals surface area contributed by atoms with E-state index in [-0.39, 0.29) is 0 Å². The highest BCUT2D eigenvalue weighted by Gasteiger charge is 2.26. The Morgan fingerprint density at radius 1 is 1.69 bits per heavy atom. The smallest absolute Gasteiger partial charge is 0.157 e. The number of hydrogen-bond donors (Lipinski definition) is 1. The number of alkyl halides is 1. The van der Waals surface area contributed by atoms with Gasteiger partial charge in [0, 0.05) is 23.7 Å². The summed E-state index contributed by atoms with van der Waals surface area (Å²) in [7, 11) is 1.69. The third kappa shape index (κ3) is 3.48. The lowest BCUT2D eigenvalue weighted by Crippen LogP contribution is -2.28. The molecule has 0 amide bonds. The summed E-state index contributed by atoms with van der Waals surface area (Å²) < 4.78 is 4.93. The zero-order valence-electron chi connectivity index (χ0n) is 7.92. The van der Waals surface area contributed by atoms with Gasteiger partial charge < -0.3 is 10.1 Å². The van der Waals surface area contributed by atoms with Crippen molar-refractivity contribution < 1.29 is 4.74 Å². The van der Waals surface area contributed by atoms with E-state index in [0.29, 0.717) is 17.9 Å². The summed E-state index contributed by atoms with van der Waals surface area (Å²) in [6.45, 7) is 3.62. The molecule has 0 aromatic rings. The van der Waals surface area contributed by atoms with E-state index in [1.165, 1.54) is 0 Å². The molecule has 1 N–H and O–H groups in total. The molecule has 1 saturated heterocycles. The Bertz CT molecular complexity index is 189. The van der Waals surface area contributed by atoms with E-state index in [1.54, 1.807) is 18.9 Å². The highest BCUT2D eigenvalue weighted by molar-refractivity contribution is 9.09. The molecule has 1 aliphatic heterocycles. The van der Waals surface area contributed by atoms with Crippen LogP contribution in [0.2, 0.25) is 0 Å². The lowest BCUT2D eigenvalue weighted by Gasteiger charge is -2.07. The van der Waals surface area contributed by atoms with Crippen molar-refractivity contribution in [2.75, 3.05) is 25.6 Å². The van der Waals surface area contributed by atoms with E-state index in [2.05, 4.69) is 33.2 Å². The zero-order valence-corrected chi connectivity index (χ0v) is 10.3. The third-order valence-electron chi connectivity index (χ3n) is 1.87. The standard InChI is InChI=1S/C8H15BrN2OS/c1-6-7(5-9)13-8(11-6)10-3-4-12-2/h6-7H,3-5H2,1-2H3,(H,10,11).